The van der Waals surface area contributed by atoms with Gasteiger partial charge in [-0.25, -0.2) is 0 Å². The zero-order valence-electron chi connectivity index (χ0n) is 14.5. The van der Waals surface area contributed by atoms with Crippen LogP contribution < -0.4 is 4.90 Å². The van der Waals surface area contributed by atoms with Crippen molar-refractivity contribution in [2.24, 2.45) is 0 Å². The zero-order chi connectivity index (χ0) is 20.4. The van der Waals surface area contributed by atoms with Crippen LogP contribution in [0, 0.1) is 0 Å². The Balaban J connectivity index is 2.07. The van der Waals surface area contributed by atoms with Gasteiger partial charge in [0.25, 0.3) is 5.91 Å². The number of rotatable bonds is 4. The predicted octanol–water partition coefficient (Wildman–Crippen LogP) is 4.79. The average molecular weight is 456 g/mol. The molecule has 0 saturated carbocycles. The Morgan fingerprint density at radius 1 is 1.11 bits per heavy atom. The summed E-state index contributed by atoms with van der Waals surface area (Å²) in [6, 6.07) is 11.5. The molecule has 0 bridgehead atoms. The van der Waals surface area contributed by atoms with Gasteiger partial charge in [-0.3, -0.25) is 14.5 Å². The largest absolute Gasteiger partial charge is 0.468 e. The minimum Gasteiger partial charge on any atom is -0.468 e. The second kappa shape index (κ2) is 8.49. The van der Waals surface area contributed by atoms with Gasteiger partial charge in [0.2, 0.25) is 0 Å². The van der Waals surface area contributed by atoms with Gasteiger partial charge in [0.05, 0.1) is 12.8 Å². The van der Waals surface area contributed by atoms with Gasteiger partial charge in [-0.15, -0.1) is 0 Å². The van der Waals surface area contributed by atoms with E-state index in [1.807, 2.05) is 0 Å². The Hall–Kier alpha value is -2.12. The fraction of sp³-hybridized carbons (Fsp3) is 0.105. The lowest BCUT2D eigenvalue weighted by Gasteiger charge is -2.19. The van der Waals surface area contributed by atoms with Crippen LogP contribution in [0.25, 0.3) is 6.08 Å². The number of methoxy groups -OCH3 is 1. The number of anilines is 1. The van der Waals surface area contributed by atoms with Crippen LogP contribution in [0.3, 0.4) is 0 Å². The second-order valence-corrected chi connectivity index (χ2v) is 7.40. The SMILES string of the molecule is COC(=O)CN1C(=S)N(c2ccc(Cl)cc2)C(=O)/C1=C/c1ccc(Cl)cc1Cl. The third kappa shape index (κ3) is 4.15. The van der Waals surface area contributed by atoms with E-state index in [0.29, 0.717) is 26.3 Å². The van der Waals surface area contributed by atoms with Crippen LogP contribution in [0.2, 0.25) is 15.1 Å². The fourth-order valence-electron chi connectivity index (χ4n) is 2.61. The molecule has 0 atom stereocenters. The maximum atomic E-state index is 13.1. The first-order valence-corrected chi connectivity index (χ1v) is 9.51. The summed E-state index contributed by atoms with van der Waals surface area (Å²) < 4.78 is 4.73. The lowest BCUT2D eigenvalue weighted by atomic mass is 10.1. The van der Waals surface area contributed by atoms with Crippen molar-refractivity contribution in [1.82, 2.24) is 4.90 Å². The minimum absolute atomic E-state index is 0.147. The fourth-order valence-corrected chi connectivity index (χ4v) is 3.55. The Morgan fingerprint density at radius 3 is 2.36 bits per heavy atom. The van der Waals surface area contributed by atoms with Gasteiger partial charge >= 0.3 is 5.97 Å². The lowest BCUT2D eigenvalue weighted by molar-refractivity contribution is -0.140. The Bertz CT molecular complexity index is 992. The molecule has 0 aromatic heterocycles. The summed E-state index contributed by atoms with van der Waals surface area (Å²) in [7, 11) is 1.26. The quantitative estimate of drug-likeness (QED) is 0.377. The molecule has 1 heterocycles. The van der Waals surface area contributed by atoms with Crippen LogP contribution in [0.5, 0.6) is 0 Å². The molecule has 1 amide bonds. The van der Waals surface area contributed by atoms with Crippen molar-refractivity contribution in [3.05, 3.63) is 68.8 Å². The molecule has 5 nitrogen and oxygen atoms in total. The second-order valence-electron chi connectivity index (χ2n) is 5.76. The van der Waals surface area contributed by atoms with Crippen LogP contribution in [-0.2, 0) is 14.3 Å². The van der Waals surface area contributed by atoms with Crippen molar-refractivity contribution < 1.29 is 14.3 Å². The van der Waals surface area contributed by atoms with Gasteiger partial charge in [0, 0.05) is 15.1 Å². The van der Waals surface area contributed by atoms with Crippen molar-refractivity contribution in [3.8, 4) is 0 Å². The number of nitrogens with zero attached hydrogens (tertiary/aromatic N) is 2. The molecule has 0 spiro atoms. The summed E-state index contributed by atoms with van der Waals surface area (Å²) in [5.41, 5.74) is 1.28. The number of amides is 1. The van der Waals surface area contributed by atoms with E-state index in [1.54, 1.807) is 48.5 Å². The summed E-state index contributed by atoms with van der Waals surface area (Å²) in [6.07, 6.45) is 1.56. The molecule has 2 aromatic rings. The molecule has 1 aliphatic heterocycles. The summed E-state index contributed by atoms with van der Waals surface area (Å²) in [4.78, 5) is 27.7. The average Bonchev–Trinajstić information content (AvgIpc) is 2.88. The van der Waals surface area contributed by atoms with E-state index >= 15 is 0 Å². The van der Waals surface area contributed by atoms with E-state index < -0.39 is 11.9 Å². The number of thiocarbonyl (C=S) groups is 1. The highest BCUT2D eigenvalue weighted by Gasteiger charge is 2.40. The smallest absolute Gasteiger partial charge is 0.325 e. The van der Waals surface area contributed by atoms with Gasteiger partial charge < -0.3 is 9.64 Å². The van der Waals surface area contributed by atoms with Gasteiger partial charge in [-0.2, -0.15) is 0 Å². The normalized spacial score (nSPS) is 15.5. The summed E-state index contributed by atoms with van der Waals surface area (Å²) >= 11 is 23.6. The monoisotopic (exact) mass is 454 g/mol. The first-order valence-electron chi connectivity index (χ1n) is 7.97. The van der Waals surface area contributed by atoms with Gasteiger partial charge in [0.15, 0.2) is 5.11 Å². The number of carbonyl (C=O) groups is 2. The molecule has 0 N–H and O–H groups in total. The van der Waals surface area contributed by atoms with Gasteiger partial charge in [-0.1, -0.05) is 40.9 Å². The summed E-state index contributed by atoms with van der Waals surface area (Å²) in [5.74, 6) is -0.941. The highest BCUT2D eigenvalue weighted by molar-refractivity contribution is 7.80. The number of hydrogen-bond acceptors (Lipinski definition) is 4. The molecule has 1 saturated heterocycles. The zero-order valence-corrected chi connectivity index (χ0v) is 17.6. The molecule has 0 aliphatic carbocycles. The number of benzene rings is 2. The van der Waals surface area contributed by atoms with Crippen LogP contribution in [0.4, 0.5) is 5.69 Å². The van der Waals surface area contributed by atoms with Crippen LogP contribution >= 0.6 is 47.0 Å². The van der Waals surface area contributed by atoms with Crippen molar-refractivity contribution in [1.29, 1.82) is 0 Å². The third-order valence-electron chi connectivity index (χ3n) is 3.99. The Labute approximate surface area is 182 Å². The maximum absolute atomic E-state index is 13.1. The first-order chi connectivity index (χ1) is 13.3. The molecule has 2 aromatic carbocycles. The summed E-state index contributed by atoms with van der Waals surface area (Å²) in [5, 5.41) is 1.50. The Morgan fingerprint density at radius 2 is 1.75 bits per heavy atom. The van der Waals surface area contributed by atoms with Crippen LogP contribution in [0.15, 0.2) is 48.2 Å². The minimum atomic E-state index is -0.541. The van der Waals surface area contributed by atoms with Crippen molar-refractivity contribution >= 4 is 75.8 Å². The van der Waals surface area contributed by atoms with Crippen molar-refractivity contribution in [2.45, 2.75) is 0 Å². The summed E-state index contributed by atoms with van der Waals surface area (Å²) in [6.45, 7) is -0.220. The van der Waals surface area contributed by atoms with E-state index in [4.69, 9.17) is 51.8 Å². The lowest BCUT2D eigenvalue weighted by Crippen LogP contribution is -2.35. The van der Waals surface area contributed by atoms with Crippen molar-refractivity contribution in [3.63, 3.8) is 0 Å². The number of ether oxygens (including phenoxy) is 1. The molecule has 9 heteroatoms. The number of carbonyl (C=O) groups excluding carboxylic acids is 2. The third-order valence-corrected chi connectivity index (χ3v) is 5.21. The van der Waals surface area contributed by atoms with E-state index in [1.165, 1.54) is 16.9 Å². The van der Waals surface area contributed by atoms with Crippen molar-refractivity contribution in [2.75, 3.05) is 18.6 Å². The molecule has 3 rings (SSSR count). The molecule has 0 unspecified atom stereocenters. The van der Waals surface area contributed by atoms with E-state index in [9.17, 15) is 9.59 Å². The topological polar surface area (TPSA) is 49.9 Å². The standard InChI is InChI=1S/C19H13Cl3N2O3S/c1-27-17(25)10-23-16(8-11-2-3-13(21)9-15(11)22)18(26)24(19(23)28)14-6-4-12(20)5-7-14/h2-9H,10H2,1H3/b16-8-. The molecular weight excluding hydrogens is 443 g/mol. The molecule has 1 fully saturated rings. The molecule has 144 valence electrons. The predicted molar refractivity (Wildman–Crippen MR) is 115 cm³/mol. The maximum Gasteiger partial charge on any atom is 0.325 e. The highest BCUT2D eigenvalue weighted by atomic mass is 35.5. The highest BCUT2D eigenvalue weighted by Crippen LogP contribution is 2.31. The molecule has 28 heavy (non-hydrogen) atoms. The van der Waals surface area contributed by atoms with Gasteiger partial charge in [0.1, 0.15) is 12.2 Å². The molecular formula is C19H13Cl3N2O3S. The number of hydrogen-bond donors (Lipinski definition) is 0. The Kier molecular flexibility index (Phi) is 6.25. The van der Waals surface area contributed by atoms with Gasteiger partial charge in [-0.05, 0) is 60.3 Å². The molecule has 0 radical (unpaired) electrons. The number of halogens is 3. The molecule has 1 aliphatic rings. The van der Waals surface area contributed by atoms with Crippen LogP contribution in [-0.4, -0.2) is 35.5 Å². The van der Waals surface area contributed by atoms with E-state index in [-0.39, 0.29) is 17.4 Å². The van der Waals surface area contributed by atoms with E-state index in [0.717, 1.165) is 0 Å². The van der Waals surface area contributed by atoms with E-state index in [2.05, 4.69) is 0 Å². The number of esters is 1. The first kappa shape index (κ1) is 20.6. The van der Waals surface area contributed by atoms with Crippen LogP contribution in [0.1, 0.15) is 5.56 Å².